The van der Waals surface area contributed by atoms with E-state index in [2.05, 4.69) is 23.2 Å². The van der Waals surface area contributed by atoms with E-state index < -0.39 is 5.97 Å². The molecule has 0 saturated carbocycles. The van der Waals surface area contributed by atoms with Crippen molar-refractivity contribution in [3.05, 3.63) is 92.2 Å². The highest BCUT2D eigenvalue weighted by Gasteiger charge is 2.29. The number of likely N-dealkylation sites (tertiary alicyclic amines) is 1. The molecule has 7 rings (SSSR count). The monoisotopic (exact) mass is 743 g/mol. The quantitative estimate of drug-likeness (QED) is 0.132. The number of fused-ring (bicyclic) bond motifs is 1. The molecule has 0 radical (unpaired) electrons. The number of methoxy groups -OCH3 is 1. The molecule has 2 aliphatic heterocycles. The summed E-state index contributed by atoms with van der Waals surface area (Å²) in [6.45, 7) is 3.99. The Balaban J connectivity index is 1.12. The number of hydrogen-bond donors (Lipinski definition) is 2. The van der Waals surface area contributed by atoms with Crippen molar-refractivity contribution in [2.45, 2.75) is 64.5 Å². The fourth-order valence-corrected chi connectivity index (χ4v) is 8.91. The Morgan fingerprint density at radius 1 is 1.08 bits per heavy atom. The van der Waals surface area contributed by atoms with Crippen molar-refractivity contribution in [3.8, 4) is 28.3 Å². The molecule has 0 aliphatic carbocycles. The lowest BCUT2D eigenvalue weighted by Gasteiger charge is -2.17. The first-order valence-corrected chi connectivity index (χ1v) is 18.8. The number of hydrogen-bond acceptors (Lipinski definition) is 8. The number of thiazole rings is 1. The van der Waals surface area contributed by atoms with Crippen molar-refractivity contribution in [2.75, 3.05) is 20.2 Å². The van der Waals surface area contributed by atoms with Crippen LogP contribution >= 0.6 is 34.5 Å². The van der Waals surface area contributed by atoms with Crippen LogP contribution in [0.1, 0.15) is 59.5 Å². The van der Waals surface area contributed by atoms with Crippen molar-refractivity contribution in [1.29, 1.82) is 0 Å². The zero-order valence-corrected chi connectivity index (χ0v) is 30.9. The van der Waals surface area contributed by atoms with Gasteiger partial charge in [-0.2, -0.15) is 0 Å². The Morgan fingerprint density at radius 2 is 1.86 bits per heavy atom. The number of ether oxygens (including phenoxy) is 1. The number of nitrogens with one attached hydrogen (secondary N) is 1. The third-order valence-corrected chi connectivity index (χ3v) is 11.8. The summed E-state index contributed by atoms with van der Waals surface area (Å²) in [7, 11) is 1.64. The van der Waals surface area contributed by atoms with Gasteiger partial charge in [-0.3, -0.25) is 19.5 Å². The van der Waals surface area contributed by atoms with Crippen LogP contribution in [0, 0.1) is 12.8 Å². The van der Waals surface area contributed by atoms with E-state index in [0.29, 0.717) is 48.3 Å². The summed E-state index contributed by atoms with van der Waals surface area (Å²) in [5, 5.41) is 14.5. The molecule has 2 N–H and O–H groups in total. The van der Waals surface area contributed by atoms with Crippen LogP contribution in [0.15, 0.2) is 54.7 Å². The molecule has 0 spiro atoms. The van der Waals surface area contributed by atoms with Crippen LogP contribution in [0.2, 0.25) is 10.0 Å². The van der Waals surface area contributed by atoms with Crippen LogP contribution in [0.4, 0.5) is 0 Å². The lowest BCUT2D eigenvalue weighted by Crippen LogP contribution is -2.25. The number of pyridine rings is 2. The Morgan fingerprint density at radius 3 is 2.61 bits per heavy atom. The summed E-state index contributed by atoms with van der Waals surface area (Å²) in [6, 6.07) is 16.1. The Hall–Kier alpha value is -4.09. The Bertz CT molecular complexity index is 2120. The van der Waals surface area contributed by atoms with Crippen LogP contribution in [0.5, 0.6) is 5.88 Å². The minimum absolute atomic E-state index is 0.139. The molecule has 2 aliphatic rings. The molecular formula is C39H39Cl2N5O4S. The van der Waals surface area contributed by atoms with E-state index in [-0.39, 0.29) is 17.9 Å². The third kappa shape index (κ3) is 7.60. The van der Waals surface area contributed by atoms with E-state index in [9.17, 15) is 14.7 Å². The second-order valence-corrected chi connectivity index (χ2v) is 15.3. The standard InChI is InChI=1S/C39H39Cl2N5O4S/c1-22-18-30(44-38(50-2)26(22)8-4-7-25-12-13-33(47)43-25)29-11-5-10-28(36(29)41)27-9-3-6-23(35(27)40)19-31-37-32(14-16-42-31)51-34(45-37)21-46-17-15-24(20-46)39(48)49/h3,5-6,9-11,14,16,18,24-25H,4,7-8,12-13,15,17,19-21H2,1-2H3,(H,43,47)(H,48,49)/t24-,25+/m0/s1. The first-order valence-electron chi connectivity index (χ1n) is 17.3. The van der Waals surface area contributed by atoms with Crippen molar-refractivity contribution in [2.24, 2.45) is 5.92 Å². The van der Waals surface area contributed by atoms with Crippen molar-refractivity contribution in [3.63, 3.8) is 0 Å². The number of carbonyl (C=O) groups is 2. The summed E-state index contributed by atoms with van der Waals surface area (Å²) in [5.74, 6) is -0.335. The van der Waals surface area contributed by atoms with Gasteiger partial charge in [0.1, 0.15) is 10.5 Å². The van der Waals surface area contributed by atoms with Gasteiger partial charge in [-0.1, -0.05) is 59.6 Å². The molecule has 5 aromatic rings. The van der Waals surface area contributed by atoms with Crippen molar-refractivity contribution in [1.82, 2.24) is 25.2 Å². The van der Waals surface area contributed by atoms with Gasteiger partial charge >= 0.3 is 5.97 Å². The van der Waals surface area contributed by atoms with Gasteiger partial charge in [-0.25, -0.2) is 9.97 Å². The van der Waals surface area contributed by atoms with E-state index in [0.717, 1.165) is 92.2 Å². The van der Waals surface area contributed by atoms with Crippen LogP contribution < -0.4 is 10.1 Å². The van der Waals surface area contributed by atoms with Crippen molar-refractivity contribution >= 4 is 56.6 Å². The zero-order valence-electron chi connectivity index (χ0n) is 28.5. The average Bonchev–Trinajstić information content (AvgIpc) is 3.87. The first-order chi connectivity index (χ1) is 24.7. The highest BCUT2D eigenvalue weighted by atomic mass is 35.5. The number of amides is 1. The normalized spacial score (nSPS) is 17.7. The van der Waals surface area contributed by atoms with E-state index in [1.54, 1.807) is 24.6 Å². The van der Waals surface area contributed by atoms with Gasteiger partial charge in [0, 0.05) is 53.9 Å². The second-order valence-electron chi connectivity index (χ2n) is 13.4. The molecule has 51 heavy (non-hydrogen) atoms. The molecule has 264 valence electrons. The van der Waals surface area contributed by atoms with Crippen LogP contribution in [0.25, 0.3) is 32.6 Å². The Kier molecular flexibility index (Phi) is 10.6. The van der Waals surface area contributed by atoms with Gasteiger partial charge in [-0.15, -0.1) is 11.3 Å². The molecular weight excluding hydrogens is 705 g/mol. The molecule has 2 atom stereocenters. The van der Waals surface area contributed by atoms with Gasteiger partial charge in [0.25, 0.3) is 0 Å². The minimum atomic E-state index is -0.735. The average molecular weight is 745 g/mol. The molecule has 2 saturated heterocycles. The fraction of sp³-hybridized carbons (Fsp3) is 0.359. The highest BCUT2D eigenvalue weighted by Crippen LogP contribution is 2.41. The Labute approximate surface area is 311 Å². The van der Waals surface area contributed by atoms with E-state index in [1.165, 1.54) is 0 Å². The molecule has 9 nitrogen and oxygen atoms in total. The van der Waals surface area contributed by atoms with Crippen molar-refractivity contribution < 1.29 is 19.4 Å². The van der Waals surface area contributed by atoms with E-state index in [4.69, 9.17) is 42.9 Å². The number of aromatic nitrogens is 3. The zero-order chi connectivity index (χ0) is 35.6. The number of carboxylic acids is 1. The lowest BCUT2D eigenvalue weighted by atomic mass is 9.96. The first kappa shape index (κ1) is 35.3. The number of carbonyl (C=O) groups excluding carboxylic acids is 1. The number of benzene rings is 2. The molecule has 1 amide bonds. The van der Waals surface area contributed by atoms with Crippen LogP contribution in [-0.4, -0.2) is 63.1 Å². The fourth-order valence-electron chi connectivity index (χ4n) is 7.26. The summed E-state index contributed by atoms with van der Waals surface area (Å²) < 4.78 is 6.81. The molecule has 2 aromatic carbocycles. The largest absolute Gasteiger partial charge is 0.481 e. The third-order valence-electron chi connectivity index (χ3n) is 9.98. The molecule has 0 unspecified atom stereocenters. The van der Waals surface area contributed by atoms with Crippen LogP contribution in [-0.2, 0) is 29.0 Å². The van der Waals surface area contributed by atoms with Gasteiger partial charge in [-0.05, 0) is 68.8 Å². The summed E-state index contributed by atoms with van der Waals surface area (Å²) in [6.07, 6.45) is 7.12. The summed E-state index contributed by atoms with van der Waals surface area (Å²) in [5.41, 5.74) is 7.84. The number of halogens is 2. The lowest BCUT2D eigenvalue weighted by molar-refractivity contribution is -0.141. The molecule has 2 fully saturated rings. The number of nitrogens with zero attached hydrogens (tertiary/aromatic N) is 4. The maximum Gasteiger partial charge on any atom is 0.307 e. The number of rotatable bonds is 12. The molecule has 3 aromatic heterocycles. The predicted molar refractivity (Wildman–Crippen MR) is 202 cm³/mol. The number of aliphatic carboxylic acids is 1. The summed E-state index contributed by atoms with van der Waals surface area (Å²) >= 11 is 15.9. The number of aryl methyl sites for hydroxylation is 1. The van der Waals surface area contributed by atoms with Gasteiger partial charge in [0.05, 0.1) is 45.7 Å². The number of carboxylic acid groups (broad SMARTS) is 1. The van der Waals surface area contributed by atoms with E-state index in [1.807, 2.05) is 42.5 Å². The van der Waals surface area contributed by atoms with Gasteiger partial charge < -0.3 is 15.2 Å². The summed E-state index contributed by atoms with van der Waals surface area (Å²) in [4.78, 5) is 39.7. The highest BCUT2D eigenvalue weighted by molar-refractivity contribution is 7.18. The molecule has 0 bridgehead atoms. The minimum Gasteiger partial charge on any atom is -0.481 e. The van der Waals surface area contributed by atoms with E-state index >= 15 is 0 Å². The van der Waals surface area contributed by atoms with Crippen LogP contribution in [0.3, 0.4) is 0 Å². The maximum absolute atomic E-state index is 11.6. The second kappa shape index (κ2) is 15.3. The smallest absolute Gasteiger partial charge is 0.307 e. The SMILES string of the molecule is COc1nc(-c2cccc(-c3cccc(Cc4nccc5sc(CN6CC[C@H](C(=O)O)C6)nc45)c3Cl)c2Cl)cc(C)c1CCC[C@@H]1CCC(=O)N1. The molecule has 12 heteroatoms. The van der Waals surface area contributed by atoms with Gasteiger partial charge in [0.2, 0.25) is 11.8 Å². The molecule has 5 heterocycles. The maximum atomic E-state index is 11.6. The topological polar surface area (TPSA) is 118 Å². The van der Waals surface area contributed by atoms with Gasteiger partial charge in [0.15, 0.2) is 0 Å². The predicted octanol–water partition coefficient (Wildman–Crippen LogP) is 8.14.